The monoisotopic (exact) mass is 494 g/mol. The van der Waals surface area contributed by atoms with Crippen LogP contribution in [0.4, 0.5) is 8.78 Å². The van der Waals surface area contributed by atoms with E-state index >= 15 is 0 Å². The first-order valence-electron chi connectivity index (χ1n) is 13.1. The fourth-order valence-electron chi connectivity index (χ4n) is 5.99. The highest BCUT2D eigenvalue weighted by molar-refractivity contribution is 5.92. The summed E-state index contributed by atoms with van der Waals surface area (Å²) in [5.41, 5.74) is 8.13. The average Bonchev–Trinajstić information content (AvgIpc) is 3.37. The van der Waals surface area contributed by atoms with Crippen molar-refractivity contribution < 1.29 is 13.6 Å². The number of carbonyl (C=O) groups excluding carboxylic acids is 1. The normalized spacial score (nSPS) is 19.0. The van der Waals surface area contributed by atoms with Gasteiger partial charge in [-0.15, -0.1) is 0 Å². The predicted molar refractivity (Wildman–Crippen MR) is 140 cm³/mol. The van der Waals surface area contributed by atoms with Crippen LogP contribution in [0.25, 0.3) is 22.2 Å². The summed E-state index contributed by atoms with van der Waals surface area (Å²) in [6.45, 7) is 9.99. The SMILES string of the molecule is Cc1cc(-c2[nH]c3ccc(C4CCN(C(=O)CN5CCC(F)(F)C5)CC4)cc3c2C(C)C)cc(C)n1. The van der Waals surface area contributed by atoms with Crippen LogP contribution in [0.3, 0.4) is 0 Å². The number of piperidine rings is 1. The van der Waals surface area contributed by atoms with E-state index in [0.29, 0.717) is 31.5 Å². The van der Waals surface area contributed by atoms with Crippen LogP contribution < -0.4 is 0 Å². The zero-order chi connectivity index (χ0) is 25.6. The largest absolute Gasteiger partial charge is 0.354 e. The van der Waals surface area contributed by atoms with Gasteiger partial charge in [-0.1, -0.05) is 19.9 Å². The summed E-state index contributed by atoms with van der Waals surface area (Å²) in [5.74, 6) is -1.94. The second kappa shape index (κ2) is 9.58. The maximum atomic E-state index is 13.5. The number of nitrogens with zero attached hydrogens (tertiary/aromatic N) is 3. The van der Waals surface area contributed by atoms with Gasteiger partial charge in [0.1, 0.15) is 0 Å². The molecule has 1 aromatic carbocycles. The number of amides is 1. The molecule has 0 spiro atoms. The highest BCUT2D eigenvalue weighted by atomic mass is 19.3. The van der Waals surface area contributed by atoms with E-state index in [1.807, 2.05) is 18.7 Å². The summed E-state index contributed by atoms with van der Waals surface area (Å²) in [6, 6.07) is 11.0. The molecule has 0 radical (unpaired) electrons. The Morgan fingerprint density at radius 2 is 1.81 bits per heavy atom. The molecule has 2 aromatic heterocycles. The number of aromatic amines is 1. The Labute approximate surface area is 211 Å². The summed E-state index contributed by atoms with van der Waals surface area (Å²) in [6.07, 6.45) is 1.64. The number of aromatic nitrogens is 2. The Bertz CT molecular complexity index is 1250. The third kappa shape index (κ3) is 5.03. The molecule has 0 saturated carbocycles. The van der Waals surface area contributed by atoms with Crippen molar-refractivity contribution in [3.05, 3.63) is 52.8 Å². The zero-order valence-corrected chi connectivity index (χ0v) is 21.7. The van der Waals surface area contributed by atoms with Gasteiger partial charge in [0.05, 0.1) is 18.8 Å². The van der Waals surface area contributed by atoms with Gasteiger partial charge in [-0.3, -0.25) is 14.7 Å². The number of nitrogens with one attached hydrogen (secondary N) is 1. The Hall–Kier alpha value is -2.80. The first kappa shape index (κ1) is 24.9. The van der Waals surface area contributed by atoms with Crippen LogP contribution in [0.15, 0.2) is 30.3 Å². The smallest absolute Gasteiger partial charge is 0.261 e. The molecular weight excluding hydrogens is 458 g/mol. The predicted octanol–water partition coefficient (Wildman–Crippen LogP) is 6.02. The lowest BCUT2D eigenvalue weighted by molar-refractivity contribution is -0.133. The van der Waals surface area contributed by atoms with Crippen LogP contribution in [0, 0.1) is 13.8 Å². The minimum atomic E-state index is -2.66. The van der Waals surface area contributed by atoms with Crippen molar-refractivity contribution in [3.8, 4) is 11.3 Å². The molecule has 7 heteroatoms. The Morgan fingerprint density at radius 1 is 1.11 bits per heavy atom. The fourth-order valence-corrected chi connectivity index (χ4v) is 5.99. The van der Waals surface area contributed by atoms with E-state index in [-0.39, 0.29) is 25.4 Å². The zero-order valence-electron chi connectivity index (χ0n) is 21.7. The van der Waals surface area contributed by atoms with Gasteiger partial charge in [0.25, 0.3) is 5.92 Å². The number of alkyl halides is 2. The van der Waals surface area contributed by atoms with Crippen LogP contribution in [0.5, 0.6) is 0 Å². The van der Waals surface area contributed by atoms with Crippen LogP contribution in [0.1, 0.15) is 67.5 Å². The molecule has 36 heavy (non-hydrogen) atoms. The quantitative estimate of drug-likeness (QED) is 0.472. The van der Waals surface area contributed by atoms with Crippen LogP contribution in [-0.4, -0.2) is 64.3 Å². The molecule has 2 aliphatic rings. The second-order valence-corrected chi connectivity index (χ2v) is 11.0. The van der Waals surface area contributed by atoms with Gasteiger partial charge in [-0.25, -0.2) is 8.78 Å². The van der Waals surface area contributed by atoms with Crippen molar-refractivity contribution >= 4 is 16.8 Å². The number of benzene rings is 1. The first-order valence-corrected chi connectivity index (χ1v) is 13.1. The summed E-state index contributed by atoms with van der Waals surface area (Å²) in [7, 11) is 0. The number of H-pyrrole nitrogens is 1. The van der Waals surface area contributed by atoms with Crippen molar-refractivity contribution in [3.63, 3.8) is 0 Å². The maximum Gasteiger partial charge on any atom is 0.261 e. The van der Waals surface area contributed by atoms with Crippen molar-refractivity contribution in [2.24, 2.45) is 0 Å². The van der Waals surface area contributed by atoms with Gasteiger partial charge in [-0.05, 0) is 73.9 Å². The summed E-state index contributed by atoms with van der Waals surface area (Å²) in [5, 5.41) is 1.26. The summed E-state index contributed by atoms with van der Waals surface area (Å²) >= 11 is 0. The molecule has 0 aliphatic carbocycles. The number of fused-ring (bicyclic) bond motifs is 1. The third-order valence-electron chi connectivity index (χ3n) is 7.74. The molecule has 192 valence electrons. The first-order chi connectivity index (χ1) is 17.1. The second-order valence-electron chi connectivity index (χ2n) is 11.0. The van der Waals surface area contributed by atoms with Crippen molar-refractivity contribution in [2.45, 2.75) is 64.7 Å². The maximum absolute atomic E-state index is 13.5. The molecule has 0 atom stereocenters. The van der Waals surface area contributed by atoms with Crippen molar-refractivity contribution in [1.82, 2.24) is 19.8 Å². The van der Waals surface area contributed by atoms with Crippen LogP contribution in [-0.2, 0) is 4.79 Å². The molecular formula is C29H36F2N4O. The Balaban J connectivity index is 1.33. The fraction of sp³-hybridized carbons (Fsp3) is 0.517. The molecule has 1 amide bonds. The molecule has 2 aliphatic heterocycles. The van der Waals surface area contributed by atoms with E-state index in [9.17, 15) is 13.6 Å². The van der Waals surface area contributed by atoms with E-state index in [0.717, 1.165) is 29.7 Å². The van der Waals surface area contributed by atoms with Gasteiger partial charge >= 0.3 is 0 Å². The van der Waals surface area contributed by atoms with E-state index < -0.39 is 5.92 Å². The number of pyridine rings is 1. The number of halogens is 2. The molecule has 5 rings (SSSR count). The lowest BCUT2D eigenvalue weighted by atomic mass is 9.87. The standard InChI is InChI=1S/C29H36F2N4O/c1-18(2)27-24-15-22(5-6-25(24)33-28(27)23-13-19(3)32-20(4)14-23)21-7-10-35(11-8-21)26(36)16-34-12-9-29(30,31)17-34/h5-6,13-15,18,21,33H,7-12,16-17H2,1-4H3. The van der Waals surface area contributed by atoms with Gasteiger partial charge in [0.2, 0.25) is 5.91 Å². The lowest BCUT2D eigenvalue weighted by Gasteiger charge is -2.33. The average molecular weight is 495 g/mol. The molecule has 0 unspecified atom stereocenters. The van der Waals surface area contributed by atoms with Crippen molar-refractivity contribution in [1.29, 1.82) is 0 Å². The van der Waals surface area contributed by atoms with Gasteiger partial charge < -0.3 is 9.88 Å². The minimum absolute atomic E-state index is 0.0260. The number of hydrogen-bond donors (Lipinski definition) is 1. The van der Waals surface area contributed by atoms with Gasteiger partial charge in [0.15, 0.2) is 0 Å². The molecule has 1 N–H and O–H groups in total. The topological polar surface area (TPSA) is 52.2 Å². The lowest BCUT2D eigenvalue weighted by Crippen LogP contribution is -2.43. The summed E-state index contributed by atoms with van der Waals surface area (Å²) < 4.78 is 27.0. The van der Waals surface area contributed by atoms with E-state index in [4.69, 9.17) is 0 Å². The molecule has 0 bridgehead atoms. The van der Waals surface area contributed by atoms with Crippen LogP contribution in [0.2, 0.25) is 0 Å². The Morgan fingerprint density at radius 3 is 2.42 bits per heavy atom. The third-order valence-corrected chi connectivity index (χ3v) is 7.74. The van der Waals surface area contributed by atoms with Gasteiger partial charge in [0, 0.05) is 53.9 Å². The molecule has 3 aromatic rings. The molecule has 2 saturated heterocycles. The number of aryl methyl sites for hydroxylation is 2. The highest BCUT2D eigenvalue weighted by Gasteiger charge is 2.39. The van der Waals surface area contributed by atoms with Crippen molar-refractivity contribution in [2.75, 3.05) is 32.7 Å². The Kier molecular flexibility index (Phi) is 6.62. The number of carbonyl (C=O) groups is 1. The summed E-state index contributed by atoms with van der Waals surface area (Å²) in [4.78, 5) is 24.4. The number of hydrogen-bond acceptors (Lipinski definition) is 3. The molecule has 5 nitrogen and oxygen atoms in total. The number of rotatable bonds is 5. The van der Waals surface area contributed by atoms with E-state index in [2.05, 4.69) is 54.1 Å². The minimum Gasteiger partial charge on any atom is -0.354 e. The van der Waals surface area contributed by atoms with E-state index in [1.165, 1.54) is 27.8 Å². The number of likely N-dealkylation sites (tertiary alicyclic amines) is 2. The highest BCUT2D eigenvalue weighted by Crippen LogP contribution is 2.38. The molecule has 4 heterocycles. The van der Waals surface area contributed by atoms with Gasteiger partial charge in [-0.2, -0.15) is 0 Å². The van der Waals surface area contributed by atoms with Crippen LogP contribution >= 0.6 is 0 Å². The molecule has 2 fully saturated rings. The van der Waals surface area contributed by atoms with E-state index in [1.54, 1.807) is 4.90 Å².